The number of quaternary nitrogens is 1. The third-order valence-corrected chi connectivity index (χ3v) is 6.28. The van der Waals surface area contributed by atoms with Crippen LogP contribution in [0.1, 0.15) is 55.7 Å². The molecule has 0 saturated heterocycles. The molecule has 1 atom stereocenters. The summed E-state index contributed by atoms with van der Waals surface area (Å²) in [6.07, 6.45) is 2.17. The minimum absolute atomic E-state index is 0.0778. The van der Waals surface area contributed by atoms with Crippen LogP contribution in [-0.2, 0) is 19.8 Å². The van der Waals surface area contributed by atoms with Gasteiger partial charge >= 0.3 is 13.3 Å². The van der Waals surface area contributed by atoms with Crippen molar-refractivity contribution in [1.29, 1.82) is 0 Å². The van der Waals surface area contributed by atoms with E-state index in [9.17, 15) is 14.8 Å². The van der Waals surface area contributed by atoms with Gasteiger partial charge in [0.25, 0.3) is 0 Å². The maximum atomic E-state index is 10.9. The molecule has 38 heavy (non-hydrogen) atoms. The van der Waals surface area contributed by atoms with Crippen LogP contribution in [-0.4, -0.2) is 62.1 Å². The monoisotopic (exact) mass is 520 g/mol. The zero-order chi connectivity index (χ0) is 28.0. The number of ether oxygens (including phenoxy) is 1. The highest BCUT2D eigenvalue weighted by Gasteiger charge is 2.45. The fourth-order valence-corrected chi connectivity index (χ4v) is 4.48. The quantitative estimate of drug-likeness (QED) is 0.196. The summed E-state index contributed by atoms with van der Waals surface area (Å²) in [5.74, 6) is -0.179. The topological polar surface area (TPSA) is 76.0 Å². The van der Waals surface area contributed by atoms with Gasteiger partial charge in [-0.15, -0.1) is 0 Å². The number of hydrogen-bond acceptors (Lipinski definition) is 5. The number of benzene rings is 3. The van der Waals surface area contributed by atoms with Crippen molar-refractivity contribution in [2.75, 3.05) is 34.3 Å². The van der Waals surface area contributed by atoms with E-state index in [0.29, 0.717) is 13.0 Å². The minimum Gasteiger partial charge on any atom is -0.460 e. The molecule has 1 unspecified atom stereocenters. The van der Waals surface area contributed by atoms with Crippen LogP contribution in [0.25, 0.3) is 0 Å². The predicted molar refractivity (Wildman–Crippen MR) is 153 cm³/mol. The number of hydrogen-bond donors (Lipinski definition) is 2. The number of rotatable bonds is 12. The molecule has 0 fully saturated rings. The maximum Gasteiger partial charge on any atom is 0.634 e. The van der Waals surface area contributed by atoms with Gasteiger partial charge in [-0.2, -0.15) is 0 Å². The molecular weight excluding hydrogens is 477 g/mol. The van der Waals surface area contributed by atoms with Gasteiger partial charge in [0, 0.05) is 12.3 Å². The first kappa shape index (κ1) is 31.3. The molecule has 7 heteroatoms. The average Bonchev–Trinajstić information content (AvgIpc) is 2.90. The normalized spacial score (nSPS) is 12.2. The van der Waals surface area contributed by atoms with Crippen LogP contribution >= 0.6 is 0 Å². The molecule has 204 valence electrons. The third kappa shape index (κ3) is 9.41. The molecule has 0 radical (unpaired) electrons. The Labute approximate surface area is 228 Å². The Bertz CT molecular complexity index is 1020. The molecule has 3 aromatic rings. The predicted octanol–water partition coefficient (Wildman–Crippen LogP) is 5.15. The zero-order valence-corrected chi connectivity index (χ0v) is 23.4. The molecule has 0 amide bonds. The van der Waals surface area contributed by atoms with Crippen LogP contribution in [0, 0.1) is 0 Å². The van der Waals surface area contributed by atoms with Crippen LogP contribution in [0.5, 0.6) is 0 Å². The van der Waals surface area contributed by atoms with E-state index in [1.165, 1.54) is 0 Å². The fourth-order valence-electron chi connectivity index (χ4n) is 4.48. The van der Waals surface area contributed by atoms with Crippen LogP contribution in [0.3, 0.4) is 0 Å². The van der Waals surface area contributed by atoms with Crippen molar-refractivity contribution in [2.45, 2.75) is 44.6 Å². The smallest absolute Gasteiger partial charge is 0.460 e. The Hall–Kier alpha value is -2.97. The molecule has 0 aromatic heterocycles. The molecule has 0 spiro atoms. The lowest BCUT2D eigenvalue weighted by Crippen LogP contribution is -2.43. The molecule has 2 N–H and O–H groups in total. The highest BCUT2D eigenvalue weighted by atomic mass is 16.6. The lowest BCUT2D eigenvalue weighted by atomic mass is 9.71. The first-order valence-corrected chi connectivity index (χ1v) is 13.3. The van der Waals surface area contributed by atoms with Gasteiger partial charge in [-0.05, 0) is 29.5 Å². The molecule has 0 bridgehead atoms. The molecule has 0 heterocycles. The highest BCUT2D eigenvalue weighted by Crippen LogP contribution is 2.47. The number of esters is 1. The van der Waals surface area contributed by atoms with Gasteiger partial charge in [0.05, 0.1) is 21.1 Å². The number of likely N-dealkylation sites (N-methyl/N-ethyl adjacent to an activating group) is 1. The maximum absolute atomic E-state index is 10.9. The molecule has 0 saturated carbocycles. The molecule has 0 aliphatic carbocycles. The SMILES string of the molecule is CCC(c1ccccc1)C(OB(O)O)(c1ccccc1)c1ccccc1.CCCC(=O)OCC[N+](C)(C)C. The minimum atomic E-state index is -1.90. The second kappa shape index (κ2) is 15.4. The average molecular weight is 520 g/mol. The van der Waals surface area contributed by atoms with E-state index >= 15 is 0 Å². The van der Waals surface area contributed by atoms with E-state index in [2.05, 4.69) is 40.2 Å². The first-order chi connectivity index (χ1) is 18.1. The molecule has 3 aromatic carbocycles. The van der Waals surface area contributed by atoms with Gasteiger partial charge < -0.3 is 23.9 Å². The van der Waals surface area contributed by atoms with Crippen molar-refractivity contribution in [1.82, 2.24) is 0 Å². The summed E-state index contributed by atoms with van der Waals surface area (Å²) in [5.41, 5.74) is 1.83. The van der Waals surface area contributed by atoms with E-state index in [0.717, 1.165) is 40.6 Å². The van der Waals surface area contributed by atoms with E-state index in [1.54, 1.807) is 0 Å². The standard InChI is InChI=1S/C22H23BO3.C9H20NO2/c1-2-21(18-12-6-3-7-13-18)22(26-23(24)25,19-14-8-4-9-15-19)20-16-10-5-11-17-20;1-5-6-9(11)12-8-7-10(2,3)4/h3-17,21,24-25H,2H2,1H3;5-8H2,1-4H3/q;+1. The molecule has 3 rings (SSSR count). The van der Waals surface area contributed by atoms with Gasteiger partial charge in [0.2, 0.25) is 0 Å². The summed E-state index contributed by atoms with van der Waals surface area (Å²) in [5, 5.41) is 19.7. The third-order valence-electron chi connectivity index (χ3n) is 6.28. The zero-order valence-electron chi connectivity index (χ0n) is 23.4. The molecule has 0 aliphatic heterocycles. The Kier molecular flexibility index (Phi) is 12.7. The van der Waals surface area contributed by atoms with Crippen molar-refractivity contribution in [3.63, 3.8) is 0 Å². The number of carbonyl (C=O) groups excluding carboxylic acids is 1. The molecular formula is C31H43BNO5+. The largest absolute Gasteiger partial charge is 0.634 e. The van der Waals surface area contributed by atoms with E-state index < -0.39 is 12.9 Å². The summed E-state index contributed by atoms with van der Waals surface area (Å²) in [6.45, 7) is 5.46. The first-order valence-electron chi connectivity index (χ1n) is 13.3. The Balaban J connectivity index is 0.000000358. The Morgan fingerprint density at radius 1 is 0.842 bits per heavy atom. The lowest BCUT2D eigenvalue weighted by Gasteiger charge is -2.42. The summed E-state index contributed by atoms with van der Waals surface area (Å²) >= 11 is 0. The lowest BCUT2D eigenvalue weighted by molar-refractivity contribution is -0.870. The Morgan fingerprint density at radius 3 is 1.71 bits per heavy atom. The van der Waals surface area contributed by atoms with Crippen molar-refractivity contribution in [2.24, 2.45) is 0 Å². The molecule has 0 aliphatic rings. The number of nitrogens with zero attached hydrogens (tertiary/aromatic N) is 1. The van der Waals surface area contributed by atoms with Crippen LogP contribution in [0.15, 0.2) is 91.0 Å². The van der Waals surface area contributed by atoms with Crippen molar-refractivity contribution in [3.8, 4) is 0 Å². The summed E-state index contributed by atoms with van der Waals surface area (Å²) in [6, 6.07) is 29.6. The van der Waals surface area contributed by atoms with Crippen LogP contribution in [0.2, 0.25) is 0 Å². The second-order valence-corrected chi connectivity index (χ2v) is 10.3. The van der Waals surface area contributed by atoms with Crippen LogP contribution in [0.4, 0.5) is 0 Å². The van der Waals surface area contributed by atoms with Crippen molar-refractivity contribution in [3.05, 3.63) is 108 Å². The van der Waals surface area contributed by atoms with Gasteiger partial charge in [0.1, 0.15) is 18.8 Å². The van der Waals surface area contributed by atoms with E-state index in [4.69, 9.17) is 9.39 Å². The van der Waals surface area contributed by atoms with E-state index in [-0.39, 0.29) is 11.9 Å². The van der Waals surface area contributed by atoms with Crippen molar-refractivity contribution < 1.29 is 28.7 Å². The second-order valence-electron chi connectivity index (χ2n) is 10.3. The fraction of sp³-hybridized carbons (Fsp3) is 0.387. The van der Waals surface area contributed by atoms with Gasteiger partial charge in [-0.25, -0.2) is 0 Å². The van der Waals surface area contributed by atoms with Gasteiger partial charge in [-0.1, -0.05) is 105 Å². The summed E-state index contributed by atoms with van der Waals surface area (Å²) < 4.78 is 11.8. The van der Waals surface area contributed by atoms with Gasteiger partial charge in [-0.3, -0.25) is 4.79 Å². The molecule has 6 nitrogen and oxygen atoms in total. The summed E-state index contributed by atoms with van der Waals surface area (Å²) in [4.78, 5) is 10.9. The number of carbonyl (C=O) groups is 1. The van der Waals surface area contributed by atoms with Crippen molar-refractivity contribution >= 4 is 13.3 Å². The highest BCUT2D eigenvalue weighted by molar-refractivity contribution is 6.32. The summed E-state index contributed by atoms with van der Waals surface area (Å²) in [7, 11) is 4.34. The van der Waals surface area contributed by atoms with Gasteiger partial charge in [0.15, 0.2) is 0 Å². The van der Waals surface area contributed by atoms with E-state index in [1.807, 2.05) is 85.8 Å². The Morgan fingerprint density at radius 2 is 1.32 bits per heavy atom. The van der Waals surface area contributed by atoms with Crippen LogP contribution < -0.4 is 0 Å².